The van der Waals surface area contributed by atoms with Gasteiger partial charge in [0, 0.05) is 32.1 Å². The van der Waals surface area contributed by atoms with E-state index >= 15 is 0 Å². The fraction of sp³-hybridized carbons (Fsp3) is 0.761. The summed E-state index contributed by atoms with van der Waals surface area (Å²) in [5.74, 6) is 1.53. The van der Waals surface area contributed by atoms with E-state index in [4.69, 9.17) is 22.9 Å². The molecule has 1 unspecified atom stereocenters. The highest BCUT2D eigenvalue weighted by molar-refractivity contribution is 7.45. The predicted molar refractivity (Wildman–Crippen MR) is 230 cm³/mol. The molecular formula is C46H80NO10P. The largest absolute Gasteiger partial charge is 0.756 e. The number of esters is 2. The first-order valence-electron chi connectivity index (χ1n) is 22.4. The number of quaternary nitrogens is 1. The molecule has 2 atom stereocenters. The lowest BCUT2D eigenvalue weighted by Crippen LogP contribution is -2.37. The minimum atomic E-state index is -4.66. The first kappa shape index (κ1) is 53.5. The topological polar surface area (TPSA) is 141 Å². The maximum Gasteiger partial charge on any atom is 0.306 e. The molecule has 0 aliphatic rings. The Bertz CT molecular complexity index is 1380. The summed E-state index contributed by atoms with van der Waals surface area (Å²) in [6.45, 7) is 8.22. The van der Waals surface area contributed by atoms with Crippen LogP contribution in [0.1, 0.15) is 171 Å². The Labute approximate surface area is 351 Å². The van der Waals surface area contributed by atoms with Crippen molar-refractivity contribution in [3.8, 4) is 0 Å². The molecule has 1 heterocycles. The van der Waals surface area contributed by atoms with Crippen molar-refractivity contribution in [1.29, 1.82) is 0 Å². The van der Waals surface area contributed by atoms with E-state index in [1.165, 1.54) is 24.0 Å². The average Bonchev–Trinajstić information content (AvgIpc) is 3.42. The number of allylic oxidation sites excluding steroid dienone is 4. The molecule has 11 nitrogen and oxygen atoms in total. The van der Waals surface area contributed by atoms with Crippen molar-refractivity contribution < 1.29 is 51.3 Å². The van der Waals surface area contributed by atoms with E-state index in [1.54, 1.807) is 6.08 Å². The van der Waals surface area contributed by atoms with Gasteiger partial charge >= 0.3 is 11.9 Å². The van der Waals surface area contributed by atoms with Crippen molar-refractivity contribution in [2.45, 2.75) is 181 Å². The molecule has 0 radical (unpaired) electrons. The zero-order valence-corrected chi connectivity index (χ0v) is 38.3. The normalized spacial score (nSPS) is 13.7. The van der Waals surface area contributed by atoms with Gasteiger partial charge in [0.2, 0.25) is 0 Å². The van der Waals surface area contributed by atoms with Crippen molar-refractivity contribution in [2.75, 3.05) is 47.5 Å². The summed E-state index contributed by atoms with van der Waals surface area (Å²) >= 11 is 0. The van der Waals surface area contributed by atoms with Crippen LogP contribution in [0.4, 0.5) is 0 Å². The Balaban J connectivity index is 2.36. The Morgan fingerprint density at radius 1 is 0.690 bits per heavy atom. The van der Waals surface area contributed by atoms with Crippen LogP contribution >= 0.6 is 7.82 Å². The van der Waals surface area contributed by atoms with Crippen molar-refractivity contribution in [3.63, 3.8) is 0 Å². The van der Waals surface area contributed by atoms with Crippen molar-refractivity contribution in [1.82, 2.24) is 0 Å². The number of ether oxygens (including phenoxy) is 2. The number of likely N-dealkylation sites (N-methyl/N-ethyl adjacent to an activating group) is 1. The number of hydrogen-bond acceptors (Lipinski definition) is 10. The molecule has 0 aliphatic heterocycles. The van der Waals surface area contributed by atoms with Crippen LogP contribution in [0.25, 0.3) is 0 Å². The number of unbranched alkanes of at least 4 members (excludes halogenated alkanes) is 14. The molecule has 0 amide bonds. The predicted octanol–water partition coefficient (Wildman–Crippen LogP) is 10.6. The molecule has 0 N–H and O–H groups in total. The van der Waals surface area contributed by atoms with Gasteiger partial charge in [0.15, 0.2) is 11.9 Å². The molecule has 0 bridgehead atoms. The third-order valence-electron chi connectivity index (χ3n) is 10.1. The number of phosphoric acid groups is 1. The van der Waals surface area contributed by atoms with Crippen LogP contribution < -0.4 is 4.89 Å². The smallest absolute Gasteiger partial charge is 0.306 e. The average molecular weight is 838 g/mol. The molecule has 58 heavy (non-hydrogen) atoms. The Kier molecular flexibility index (Phi) is 29.7. The van der Waals surface area contributed by atoms with Gasteiger partial charge in [-0.2, -0.15) is 0 Å². The summed E-state index contributed by atoms with van der Waals surface area (Å²) in [6.07, 6.45) is 27.4. The van der Waals surface area contributed by atoms with Crippen molar-refractivity contribution in [3.05, 3.63) is 47.0 Å². The first-order chi connectivity index (χ1) is 27.7. The Hall–Kier alpha value is -2.56. The van der Waals surface area contributed by atoms with Gasteiger partial charge in [-0.1, -0.05) is 103 Å². The SMILES string of the molecule is CCCCCC(=O)/C=C/C=C\CCCCCCCC(=O)OC[C@H](COP(=O)([O-])OCC[N+](C)(C)C)OC(=O)CCCCCCCCCCc1oc(CCC)c(C)c1C. The van der Waals surface area contributed by atoms with Gasteiger partial charge in [0.25, 0.3) is 7.82 Å². The molecule has 1 aromatic rings. The lowest BCUT2D eigenvalue weighted by molar-refractivity contribution is -0.870. The number of hydrogen-bond donors (Lipinski definition) is 0. The third-order valence-corrected chi connectivity index (χ3v) is 11.1. The van der Waals surface area contributed by atoms with Gasteiger partial charge in [-0.25, -0.2) is 0 Å². The zero-order valence-electron chi connectivity index (χ0n) is 37.5. The fourth-order valence-corrected chi connectivity index (χ4v) is 7.06. The summed E-state index contributed by atoms with van der Waals surface area (Å²) in [5.41, 5.74) is 2.61. The second-order valence-electron chi connectivity index (χ2n) is 16.7. The van der Waals surface area contributed by atoms with Gasteiger partial charge in [0.1, 0.15) is 31.3 Å². The molecular weight excluding hydrogens is 757 g/mol. The number of ketones is 1. The Morgan fingerprint density at radius 2 is 1.26 bits per heavy atom. The standard InChI is InChI=1S/C46H80NO10P/c1-8-10-24-30-41(48)31-25-20-16-12-11-13-18-22-27-33-45(49)53-37-42(38-55-58(51,52)54-36-35-47(5,6)7)56-46(50)34-28-23-19-15-14-17-21-26-32-44-40(4)39(3)43(57-44)29-9-2/h16,20,25,31,42H,8-15,17-19,21-24,26-30,32-38H2,1-7H3/b20-16-,31-25+/t42-/m1/s1. The molecule has 12 heteroatoms. The number of furan rings is 1. The van der Waals surface area contributed by atoms with E-state index in [9.17, 15) is 23.8 Å². The van der Waals surface area contributed by atoms with Gasteiger partial charge in [-0.15, -0.1) is 0 Å². The van der Waals surface area contributed by atoms with Crippen LogP contribution in [0.2, 0.25) is 0 Å². The van der Waals surface area contributed by atoms with E-state index in [2.05, 4.69) is 33.8 Å². The number of phosphoric ester groups is 1. The van der Waals surface area contributed by atoms with Gasteiger partial charge in [-0.05, 0) is 76.0 Å². The summed E-state index contributed by atoms with van der Waals surface area (Å²) in [6, 6.07) is 0. The van der Waals surface area contributed by atoms with E-state index in [1.807, 2.05) is 33.3 Å². The third kappa shape index (κ3) is 28.8. The molecule has 0 aliphatic carbocycles. The quantitative estimate of drug-likeness (QED) is 0.0159. The maximum atomic E-state index is 12.7. The molecule has 0 saturated heterocycles. The molecule has 1 rings (SSSR count). The van der Waals surface area contributed by atoms with Crippen molar-refractivity contribution >= 4 is 25.5 Å². The summed E-state index contributed by atoms with van der Waals surface area (Å²) in [5, 5.41) is 0. The zero-order chi connectivity index (χ0) is 43.1. The number of aryl methyl sites for hydroxylation is 2. The summed E-state index contributed by atoms with van der Waals surface area (Å²) in [7, 11) is 1.09. The van der Waals surface area contributed by atoms with Crippen LogP contribution in [-0.2, 0) is 50.3 Å². The highest BCUT2D eigenvalue weighted by atomic mass is 31.2. The molecule has 0 spiro atoms. The second kappa shape index (κ2) is 32.2. The lowest BCUT2D eigenvalue weighted by Gasteiger charge is -2.28. The highest BCUT2D eigenvalue weighted by Crippen LogP contribution is 2.38. The molecule has 0 aromatic carbocycles. The van der Waals surface area contributed by atoms with E-state index < -0.39 is 32.5 Å². The lowest BCUT2D eigenvalue weighted by atomic mass is 10.0. The highest BCUT2D eigenvalue weighted by Gasteiger charge is 2.22. The molecule has 0 fully saturated rings. The molecule has 0 saturated carbocycles. The minimum Gasteiger partial charge on any atom is -0.756 e. The first-order valence-corrected chi connectivity index (χ1v) is 23.8. The van der Waals surface area contributed by atoms with Crippen LogP contribution in [0.5, 0.6) is 0 Å². The summed E-state index contributed by atoms with van der Waals surface area (Å²) in [4.78, 5) is 49.4. The summed E-state index contributed by atoms with van der Waals surface area (Å²) < 4.78 is 40.0. The van der Waals surface area contributed by atoms with Crippen LogP contribution in [0.3, 0.4) is 0 Å². The maximum absolute atomic E-state index is 12.7. The van der Waals surface area contributed by atoms with Crippen LogP contribution in [-0.4, -0.2) is 75.8 Å². The minimum absolute atomic E-state index is 0.0521. The van der Waals surface area contributed by atoms with E-state index in [0.717, 1.165) is 114 Å². The second-order valence-corrected chi connectivity index (χ2v) is 18.1. The van der Waals surface area contributed by atoms with Crippen LogP contribution in [0, 0.1) is 13.8 Å². The van der Waals surface area contributed by atoms with E-state index in [-0.39, 0.29) is 31.8 Å². The molecule has 334 valence electrons. The fourth-order valence-electron chi connectivity index (χ4n) is 6.33. The number of nitrogens with zero attached hydrogens (tertiary/aromatic N) is 1. The van der Waals surface area contributed by atoms with Gasteiger partial charge < -0.3 is 32.3 Å². The van der Waals surface area contributed by atoms with Crippen molar-refractivity contribution in [2.24, 2.45) is 0 Å². The Morgan fingerprint density at radius 3 is 1.88 bits per heavy atom. The van der Waals surface area contributed by atoms with Crippen LogP contribution in [0.15, 0.2) is 28.7 Å². The number of carbonyl (C=O) groups is 3. The number of rotatable bonds is 37. The van der Waals surface area contributed by atoms with Gasteiger partial charge in [0.05, 0.1) is 27.7 Å². The van der Waals surface area contributed by atoms with E-state index in [0.29, 0.717) is 30.3 Å². The molecule has 1 aromatic heterocycles. The number of carbonyl (C=O) groups excluding carboxylic acids is 3. The monoisotopic (exact) mass is 838 g/mol. The van der Waals surface area contributed by atoms with Gasteiger partial charge in [-0.3, -0.25) is 18.9 Å².